The number of aliphatic hydroxyl groups is 1. The lowest BCUT2D eigenvalue weighted by atomic mass is 9.94. The molecule has 0 spiro atoms. The van der Waals surface area contributed by atoms with E-state index in [1.54, 1.807) is 19.5 Å². The van der Waals surface area contributed by atoms with Crippen LogP contribution in [0.15, 0.2) is 18.5 Å². The lowest BCUT2D eigenvalue weighted by Crippen LogP contribution is -2.29. The molecule has 82 valence electrons. The van der Waals surface area contributed by atoms with Crippen LogP contribution in [-0.2, 0) is 5.60 Å². The third kappa shape index (κ3) is 1.96. The van der Waals surface area contributed by atoms with Gasteiger partial charge in [0.25, 0.3) is 0 Å². The van der Waals surface area contributed by atoms with Crippen LogP contribution in [0.25, 0.3) is 0 Å². The Bertz CT molecular complexity index is 356. The summed E-state index contributed by atoms with van der Waals surface area (Å²) in [4.78, 5) is 6.18. The number of hydrogen-bond donors (Lipinski definition) is 1. The van der Waals surface area contributed by atoms with E-state index in [-0.39, 0.29) is 0 Å². The summed E-state index contributed by atoms with van der Waals surface area (Å²) >= 11 is 0. The summed E-state index contributed by atoms with van der Waals surface area (Å²) in [5, 5.41) is 10.4. The zero-order chi connectivity index (χ0) is 10.9. The zero-order valence-corrected chi connectivity index (χ0v) is 9.10. The second kappa shape index (κ2) is 3.79. The van der Waals surface area contributed by atoms with E-state index in [1.807, 2.05) is 13.1 Å². The second-order valence-electron chi connectivity index (χ2n) is 4.13. The van der Waals surface area contributed by atoms with Gasteiger partial charge in [-0.2, -0.15) is 0 Å². The predicted octanol–water partition coefficient (Wildman–Crippen LogP) is 0.613. The molecule has 4 heteroatoms. The highest BCUT2D eigenvalue weighted by molar-refractivity contribution is 5.29. The van der Waals surface area contributed by atoms with Gasteiger partial charge < -0.3 is 14.7 Å². The minimum atomic E-state index is -0.768. The first kappa shape index (κ1) is 10.4. The van der Waals surface area contributed by atoms with E-state index in [0.29, 0.717) is 12.3 Å². The first-order valence-electron chi connectivity index (χ1n) is 5.04. The minimum absolute atomic E-state index is 0.655. The molecule has 15 heavy (non-hydrogen) atoms. The molecule has 1 atom stereocenters. The average molecular weight is 208 g/mol. The number of hydrogen-bond acceptors (Lipinski definition) is 4. The van der Waals surface area contributed by atoms with Gasteiger partial charge in [-0.25, -0.2) is 0 Å². The Morgan fingerprint density at radius 2 is 2.33 bits per heavy atom. The van der Waals surface area contributed by atoms with Crippen molar-refractivity contribution in [3.8, 4) is 5.75 Å². The van der Waals surface area contributed by atoms with Crippen molar-refractivity contribution in [3.05, 3.63) is 24.0 Å². The van der Waals surface area contributed by atoms with E-state index >= 15 is 0 Å². The van der Waals surface area contributed by atoms with Gasteiger partial charge >= 0.3 is 0 Å². The van der Waals surface area contributed by atoms with Gasteiger partial charge in [0.15, 0.2) is 0 Å². The van der Waals surface area contributed by atoms with E-state index < -0.39 is 5.60 Å². The van der Waals surface area contributed by atoms with Crippen LogP contribution < -0.4 is 4.74 Å². The highest BCUT2D eigenvalue weighted by atomic mass is 16.5. The summed E-state index contributed by atoms with van der Waals surface area (Å²) in [7, 11) is 3.61. The first-order chi connectivity index (χ1) is 7.14. The van der Waals surface area contributed by atoms with Gasteiger partial charge in [0, 0.05) is 24.8 Å². The fraction of sp³-hybridized carbons (Fsp3) is 0.545. The lowest BCUT2D eigenvalue weighted by Gasteiger charge is -2.22. The van der Waals surface area contributed by atoms with E-state index in [4.69, 9.17) is 4.74 Å². The van der Waals surface area contributed by atoms with Crippen LogP contribution in [0.3, 0.4) is 0 Å². The SMILES string of the molecule is COc1cncc(C2(O)CCN(C)C2)c1. The maximum Gasteiger partial charge on any atom is 0.137 e. The fourth-order valence-corrected chi connectivity index (χ4v) is 2.00. The Morgan fingerprint density at radius 1 is 1.53 bits per heavy atom. The molecule has 0 amide bonds. The molecule has 1 fully saturated rings. The Morgan fingerprint density at radius 3 is 2.93 bits per heavy atom. The fourth-order valence-electron chi connectivity index (χ4n) is 2.00. The molecule has 1 N–H and O–H groups in total. The van der Waals surface area contributed by atoms with Gasteiger partial charge in [-0.15, -0.1) is 0 Å². The van der Waals surface area contributed by atoms with Gasteiger partial charge in [-0.3, -0.25) is 4.98 Å². The number of pyridine rings is 1. The van der Waals surface area contributed by atoms with Crippen molar-refractivity contribution in [1.82, 2.24) is 9.88 Å². The molecule has 0 bridgehead atoms. The molecular weight excluding hydrogens is 192 g/mol. The topological polar surface area (TPSA) is 45.6 Å². The lowest BCUT2D eigenvalue weighted by molar-refractivity contribution is 0.0483. The third-order valence-corrected chi connectivity index (χ3v) is 2.92. The number of ether oxygens (including phenoxy) is 1. The minimum Gasteiger partial charge on any atom is -0.495 e. The van der Waals surface area contributed by atoms with E-state index in [9.17, 15) is 5.11 Å². The smallest absolute Gasteiger partial charge is 0.137 e. The Hall–Kier alpha value is -1.13. The van der Waals surface area contributed by atoms with E-state index in [1.165, 1.54) is 0 Å². The van der Waals surface area contributed by atoms with Crippen LogP contribution in [0.5, 0.6) is 5.75 Å². The number of aromatic nitrogens is 1. The molecule has 1 unspecified atom stereocenters. The molecule has 1 saturated heterocycles. The Labute approximate surface area is 89.5 Å². The van der Waals surface area contributed by atoms with Crippen LogP contribution in [-0.4, -0.2) is 42.2 Å². The molecule has 2 heterocycles. The zero-order valence-electron chi connectivity index (χ0n) is 9.10. The highest BCUT2D eigenvalue weighted by Gasteiger charge is 2.36. The van der Waals surface area contributed by atoms with Gasteiger partial charge in [0.05, 0.1) is 13.3 Å². The number of rotatable bonds is 2. The summed E-state index contributed by atoms with van der Waals surface area (Å²) in [5.41, 5.74) is 0.0715. The normalized spacial score (nSPS) is 26.9. The molecule has 1 aliphatic heterocycles. The van der Waals surface area contributed by atoms with E-state index in [0.717, 1.165) is 18.5 Å². The molecule has 0 saturated carbocycles. The van der Waals surface area contributed by atoms with Crippen LogP contribution in [0.4, 0.5) is 0 Å². The molecule has 0 radical (unpaired) electrons. The summed E-state index contributed by atoms with van der Waals surface area (Å²) in [5.74, 6) is 0.690. The molecule has 2 rings (SSSR count). The number of methoxy groups -OCH3 is 1. The number of β-amino-alcohol motifs (C(OH)–C–C–N with tert-alkyl or cyclic N) is 1. The quantitative estimate of drug-likeness (QED) is 0.773. The number of nitrogens with zero attached hydrogens (tertiary/aromatic N) is 2. The van der Waals surface area contributed by atoms with Crippen molar-refractivity contribution in [2.24, 2.45) is 0 Å². The van der Waals surface area contributed by atoms with Gasteiger partial charge in [0.1, 0.15) is 11.4 Å². The molecule has 0 aliphatic carbocycles. The van der Waals surface area contributed by atoms with Gasteiger partial charge in [-0.05, 0) is 19.5 Å². The first-order valence-corrected chi connectivity index (χ1v) is 5.04. The Kier molecular flexibility index (Phi) is 2.63. The number of likely N-dealkylation sites (N-methyl/N-ethyl adjacent to an activating group) is 1. The summed E-state index contributed by atoms with van der Waals surface area (Å²) in [6, 6.07) is 1.85. The van der Waals surface area contributed by atoms with Crippen molar-refractivity contribution < 1.29 is 9.84 Å². The number of likely N-dealkylation sites (tertiary alicyclic amines) is 1. The van der Waals surface area contributed by atoms with E-state index in [2.05, 4.69) is 9.88 Å². The van der Waals surface area contributed by atoms with Crippen LogP contribution in [0, 0.1) is 0 Å². The van der Waals surface area contributed by atoms with Crippen molar-refractivity contribution in [1.29, 1.82) is 0 Å². The highest BCUT2D eigenvalue weighted by Crippen LogP contribution is 2.32. The van der Waals surface area contributed by atoms with Crippen molar-refractivity contribution >= 4 is 0 Å². The maximum absolute atomic E-state index is 10.4. The van der Waals surface area contributed by atoms with Crippen LogP contribution >= 0.6 is 0 Å². The molecule has 1 aliphatic rings. The van der Waals surface area contributed by atoms with Crippen molar-refractivity contribution in [2.45, 2.75) is 12.0 Å². The summed E-state index contributed by atoms with van der Waals surface area (Å²) in [6.07, 6.45) is 4.10. The summed E-state index contributed by atoms with van der Waals surface area (Å²) < 4.78 is 5.10. The van der Waals surface area contributed by atoms with Crippen molar-refractivity contribution in [3.63, 3.8) is 0 Å². The Balaban J connectivity index is 2.28. The van der Waals surface area contributed by atoms with Gasteiger partial charge in [0.2, 0.25) is 0 Å². The third-order valence-electron chi connectivity index (χ3n) is 2.92. The van der Waals surface area contributed by atoms with Crippen molar-refractivity contribution in [2.75, 3.05) is 27.2 Å². The average Bonchev–Trinajstić information content (AvgIpc) is 2.60. The monoisotopic (exact) mass is 208 g/mol. The predicted molar refractivity (Wildman–Crippen MR) is 56.8 cm³/mol. The molecular formula is C11H16N2O2. The molecule has 0 aromatic carbocycles. The van der Waals surface area contributed by atoms with Crippen LogP contribution in [0.2, 0.25) is 0 Å². The largest absolute Gasteiger partial charge is 0.495 e. The summed E-state index contributed by atoms with van der Waals surface area (Å²) in [6.45, 7) is 1.57. The molecule has 4 nitrogen and oxygen atoms in total. The standard InChI is InChI=1S/C11H16N2O2/c1-13-4-3-11(14,8-13)9-5-10(15-2)7-12-6-9/h5-7,14H,3-4,8H2,1-2H3. The van der Waals surface area contributed by atoms with Crippen LogP contribution in [0.1, 0.15) is 12.0 Å². The maximum atomic E-state index is 10.4. The second-order valence-corrected chi connectivity index (χ2v) is 4.13. The molecule has 1 aromatic heterocycles. The van der Waals surface area contributed by atoms with Gasteiger partial charge in [-0.1, -0.05) is 0 Å². The molecule has 1 aromatic rings.